The van der Waals surface area contributed by atoms with Gasteiger partial charge in [-0.2, -0.15) is 0 Å². The molecule has 0 aliphatic carbocycles. The number of esters is 1. The fourth-order valence-electron chi connectivity index (χ4n) is 2.26. The largest absolute Gasteiger partial charge is 0.465 e. The molecule has 8 heteroatoms. The van der Waals surface area contributed by atoms with Crippen LogP contribution in [0.5, 0.6) is 0 Å². The number of nitrogens with zero attached hydrogens (tertiary/aromatic N) is 2. The van der Waals surface area contributed by atoms with Gasteiger partial charge in [0.2, 0.25) is 0 Å². The molecule has 1 aromatic carbocycles. The average Bonchev–Trinajstić information content (AvgIpc) is 2.93. The van der Waals surface area contributed by atoms with Crippen LogP contribution >= 0.6 is 0 Å². The molecule has 1 aromatic heterocycles. The molecule has 0 aliphatic rings. The number of methoxy groups -OCH3 is 1. The highest BCUT2D eigenvalue weighted by molar-refractivity contribution is 5.98. The number of furan rings is 1. The highest BCUT2D eigenvalue weighted by Gasteiger charge is 2.23. The minimum atomic E-state index is -0.604. The van der Waals surface area contributed by atoms with E-state index in [-0.39, 0.29) is 23.4 Å². The Morgan fingerprint density at radius 3 is 2.58 bits per heavy atom. The quantitative estimate of drug-likeness (QED) is 0.473. The average molecular weight is 332 g/mol. The predicted octanol–water partition coefficient (Wildman–Crippen LogP) is 2.56. The SMILES string of the molecule is COC(=O)c1cc(CN(C)C(=O)c2ccccc2[N+](=O)[O-])oc1C. The molecule has 0 bridgehead atoms. The van der Waals surface area contributed by atoms with Crippen LogP contribution in [-0.4, -0.2) is 35.9 Å². The molecule has 0 atom stereocenters. The zero-order valence-corrected chi connectivity index (χ0v) is 13.4. The minimum Gasteiger partial charge on any atom is -0.465 e. The maximum absolute atomic E-state index is 12.4. The first kappa shape index (κ1) is 17.2. The molecule has 0 saturated heterocycles. The van der Waals surface area contributed by atoms with Crippen LogP contribution in [0.25, 0.3) is 0 Å². The topological polar surface area (TPSA) is 103 Å². The third-order valence-corrected chi connectivity index (χ3v) is 3.44. The van der Waals surface area contributed by atoms with Crippen molar-refractivity contribution in [3.8, 4) is 0 Å². The van der Waals surface area contributed by atoms with Crippen molar-refractivity contribution in [3.05, 3.63) is 63.1 Å². The van der Waals surface area contributed by atoms with E-state index < -0.39 is 16.8 Å². The molecule has 0 radical (unpaired) electrons. The number of hydrogen-bond acceptors (Lipinski definition) is 6. The van der Waals surface area contributed by atoms with E-state index in [9.17, 15) is 19.7 Å². The van der Waals surface area contributed by atoms with Crippen molar-refractivity contribution in [1.29, 1.82) is 0 Å². The molecule has 126 valence electrons. The summed E-state index contributed by atoms with van der Waals surface area (Å²) in [6.45, 7) is 1.67. The van der Waals surface area contributed by atoms with Gasteiger partial charge in [0, 0.05) is 13.1 Å². The molecule has 0 spiro atoms. The second kappa shape index (κ2) is 6.95. The summed E-state index contributed by atoms with van der Waals surface area (Å²) < 4.78 is 10.1. The Hall–Kier alpha value is -3.16. The lowest BCUT2D eigenvalue weighted by molar-refractivity contribution is -0.385. The third kappa shape index (κ3) is 3.43. The monoisotopic (exact) mass is 332 g/mol. The first-order chi connectivity index (χ1) is 11.3. The highest BCUT2D eigenvalue weighted by Crippen LogP contribution is 2.21. The van der Waals surface area contributed by atoms with Crippen molar-refractivity contribution in [3.63, 3.8) is 0 Å². The standard InChI is InChI=1S/C16H16N2O6/c1-10-13(16(20)23-3)8-11(24-10)9-17(2)15(19)12-6-4-5-7-14(12)18(21)22/h4-8H,9H2,1-3H3. The molecule has 24 heavy (non-hydrogen) atoms. The summed E-state index contributed by atoms with van der Waals surface area (Å²) in [6, 6.07) is 7.20. The number of benzene rings is 1. The van der Waals surface area contributed by atoms with Gasteiger partial charge >= 0.3 is 5.97 Å². The Morgan fingerprint density at radius 2 is 1.96 bits per heavy atom. The third-order valence-electron chi connectivity index (χ3n) is 3.44. The molecule has 0 fully saturated rings. The van der Waals surface area contributed by atoms with E-state index in [2.05, 4.69) is 4.74 Å². The van der Waals surface area contributed by atoms with E-state index >= 15 is 0 Å². The van der Waals surface area contributed by atoms with Crippen molar-refractivity contribution >= 4 is 17.6 Å². The van der Waals surface area contributed by atoms with Crippen molar-refractivity contribution in [2.24, 2.45) is 0 Å². The molecule has 1 heterocycles. The molecule has 2 aromatic rings. The number of carbonyl (C=O) groups excluding carboxylic acids is 2. The van der Waals surface area contributed by atoms with Crippen LogP contribution in [0.2, 0.25) is 0 Å². The Balaban J connectivity index is 2.21. The summed E-state index contributed by atoms with van der Waals surface area (Å²) in [5.74, 6) is -0.295. The van der Waals surface area contributed by atoms with Gasteiger partial charge in [-0.25, -0.2) is 4.79 Å². The van der Waals surface area contributed by atoms with Gasteiger partial charge in [0.25, 0.3) is 11.6 Å². The Kier molecular flexibility index (Phi) is 4.98. The Bertz CT molecular complexity index is 796. The summed E-state index contributed by atoms with van der Waals surface area (Å²) >= 11 is 0. The molecule has 0 saturated carbocycles. The maximum atomic E-state index is 12.4. The smallest absolute Gasteiger partial charge is 0.341 e. The number of aryl methyl sites for hydroxylation is 1. The zero-order chi connectivity index (χ0) is 17.9. The molecule has 8 nitrogen and oxygen atoms in total. The fraction of sp³-hybridized carbons (Fsp3) is 0.250. The van der Waals surface area contributed by atoms with E-state index in [0.717, 1.165) is 0 Å². The van der Waals surface area contributed by atoms with E-state index in [0.29, 0.717) is 11.5 Å². The first-order valence-corrected chi connectivity index (χ1v) is 7.01. The van der Waals surface area contributed by atoms with E-state index in [1.54, 1.807) is 13.0 Å². The lowest BCUT2D eigenvalue weighted by Crippen LogP contribution is -2.26. The summed E-state index contributed by atoms with van der Waals surface area (Å²) in [4.78, 5) is 35.7. The van der Waals surface area contributed by atoms with Gasteiger partial charge in [-0.3, -0.25) is 14.9 Å². The molecular formula is C16H16N2O6. The lowest BCUT2D eigenvalue weighted by Gasteiger charge is -2.15. The number of amides is 1. The highest BCUT2D eigenvalue weighted by atomic mass is 16.6. The summed E-state index contributed by atoms with van der Waals surface area (Å²) in [5, 5.41) is 11.0. The number of ether oxygens (including phenoxy) is 1. The van der Waals surface area contributed by atoms with Gasteiger partial charge < -0.3 is 14.1 Å². The van der Waals surface area contributed by atoms with E-state index in [1.165, 1.54) is 43.3 Å². The van der Waals surface area contributed by atoms with Gasteiger partial charge in [0.15, 0.2) is 0 Å². The second-order valence-corrected chi connectivity index (χ2v) is 5.11. The minimum absolute atomic E-state index is 0.0125. The first-order valence-electron chi connectivity index (χ1n) is 7.01. The van der Waals surface area contributed by atoms with Gasteiger partial charge in [-0.15, -0.1) is 0 Å². The van der Waals surface area contributed by atoms with E-state index in [1.807, 2.05) is 0 Å². The van der Waals surface area contributed by atoms with Crippen LogP contribution in [-0.2, 0) is 11.3 Å². The molecular weight excluding hydrogens is 316 g/mol. The van der Waals surface area contributed by atoms with Crippen LogP contribution in [0.15, 0.2) is 34.7 Å². The number of nitro benzene ring substituents is 1. The van der Waals surface area contributed by atoms with Crippen LogP contribution in [0.4, 0.5) is 5.69 Å². The molecule has 0 N–H and O–H groups in total. The van der Waals surface area contributed by atoms with Crippen LogP contribution in [0.3, 0.4) is 0 Å². The normalized spacial score (nSPS) is 10.3. The molecule has 0 unspecified atom stereocenters. The number of hydrogen-bond donors (Lipinski definition) is 0. The number of nitro groups is 1. The van der Waals surface area contributed by atoms with Crippen molar-refractivity contribution in [1.82, 2.24) is 4.90 Å². The summed E-state index contributed by atoms with van der Waals surface area (Å²) in [6.07, 6.45) is 0. The van der Waals surface area contributed by atoms with Crippen LogP contribution in [0, 0.1) is 17.0 Å². The number of para-hydroxylation sites is 1. The van der Waals surface area contributed by atoms with Crippen LogP contribution < -0.4 is 0 Å². The van der Waals surface area contributed by atoms with Gasteiger partial charge in [0.05, 0.1) is 18.6 Å². The van der Waals surface area contributed by atoms with Crippen LogP contribution in [0.1, 0.15) is 32.2 Å². The van der Waals surface area contributed by atoms with Crippen molar-refractivity contribution < 1.29 is 23.7 Å². The Morgan fingerprint density at radius 1 is 1.29 bits per heavy atom. The molecule has 0 aliphatic heterocycles. The maximum Gasteiger partial charge on any atom is 0.341 e. The van der Waals surface area contributed by atoms with Gasteiger partial charge in [-0.1, -0.05) is 12.1 Å². The van der Waals surface area contributed by atoms with Gasteiger partial charge in [-0.05, 0) is 19.1 Å². The molecule has 2 rings (SSSR count). The number of rotatable bonds is 5. The molecule has 1 amide bonds. The fourth-order valence-corrected chi connectivity index (χ4v) is 2.26. The number of carbonyl (C=O) groups is 2. The van der Waals surface area contributed by atoms with E-state index in [4.69, 9.17) is 4.42 Å². The Labute approximate surface area is 137 Å². The van der Waals surface area contributed by atoms with Crippen molar-refractivity contribution in [2.45, 2.75) is 13.5 Å². The van der Waals surface area contributed by atoms with Gasteiger partial charge in [0.1, 0.15) is 22.6 Å². The summed E-state index contributed by atoms with van der Waals surface area (Å²) in [5.41, 5.74) is 0.000681. The predicted molar refractivity (Wildman–Crippen MR) is 83.7 cm³/mol. The van der Waals surface area contributed by atoms with Crippen molar-refractivity contribution in [2.75, 3.05) is 14.2 Å². The lowest BCUT2D eigenvalue weighted by atomic mass is 10.1. The second-order valence-electron chi connectivity index (χ2n) is 5.11. The summed E-state index contributed by atoms with van der Waals surface area (Å²) in [7, 11) is 2.76. The zero-order valence-electron chi connectivity index (χ0n) is 13.4.